The molecule has 2 aromatic rings. The molecule has 0 aliphatic carbocycles. The summed E-state index contributed by atoms with van der Waals surface area (Å²) in [5.74, 6) is 0.652. The normalized spacial score (nSPS) is 24.3. The summed E-state index contributed by atoms with van der Waals surface area (Å²) in [5.41, 5.74) is 8.02. The van der Waals surface area contributed by atoms with E-state index in [-0.39, 0.29) is 0 Å². The van der Waals surface area contributed by atoms with Crippen molar-refractivity contribution in [3.05, 3.63) is 76.9 Å². The Hall–Kier alpha value is -2.43. The predicted octanol–water partition coefficient (Wildman–Crippen LogP) is 6.37. The summed E-state index contributed by atoms with van der Waals surface area (Å²) in [5, 5.41) is 3.64. The van der Waals surface area contributed by atoms with E-state index in [2.05, 4.69) is 84.2 Å². The van der Waals surface area contributed by atoms with E-state index in [0.29, 0.717) is 5.92 Å². The van der Waals surface area contributed by atoms with Gasteiger partial charge in [0.15, 0.2) is 0 Å². The number of fused-ring (bicyclic) bond motifs is 5. The first-order valence-electron chi connectivity index (χ1n) is 15.2. The molecule has 1 N–H and O–H groups in total. The molecule has 0 aromatic heterocycles. The van der Waals surface area contributed by atoms with Crippen molar-refractivity contribution in [1.82, 2.24) is 15.1 Å². The Balaban J connectivity index is 1.46. The summed E-state index contributed by atoms with van der Waals surface area (Å²) in [6, 6.07) is 15.3. The van der Waals surface area contributed by atoms with Crippen molar-refractivity contribution in [2.75, 3.05) is 52.4 Å². The van der Waals surface area contributed by atoms with Gasteiger partial charge in [0, 0.05) is 38.1 Å². The van der Waals surface area contributed by atoms with Crippen LogP contribution in [-0.2, 0) is 12.8 Å². The molecule has 0 spiro atoms. The zero-order valence-electron chi connectivity index (χ0n) is 24.1. The molecule has 2 aromatic carbocycles. The molecule has 38 heavy (non-hydrogen) atoms. The highest BCUT2D eigenvalue weighted by molar-refractivity contribution is 5.79. The first kappa shape index (κ1) is 28.6. The number of benzene rings is 2. The monoisotopic (exact) mass is 514 g/mol. The van der Waals surface area contributed by atoms with Gasteiger partial charge in [0.25, 0.3) is 0 Å². The van der Waals surface area contributed by atoms with Crippen LogP contribution in [0.1, 0.15) is 73.3 Å². The Morgan fingerprint density at radius 2 is 1.68 bits per heavy atom. The van der Waals surface area contributed by atoms with E-state index >= 15 is 0 Å². The lowest BCUT2D eigenvalue weighted by Crippen LogP contribution is -2.33. The molecule has 1 saturated heterocycles. The zero-order chi connectivity index (χ0) is 26.6. The molecule has 0 radical (unpaired) electrons. The average molecular weight is 515 g/mol. The molecule has 0 amide bonds. The summed E-state index contributed by atoms with van der Waals surface area (Å²) in [4.78, 5) is 10.3. The molecule has 206 valence electrons. The molecular weight excluding hydrogens is 464 g/mol. The molecule has 0 saturated carbocycles. The molecule has 4 bridgehead atoms. The van der Waals surface area contributed by atoms with E-state index in [1.165, 1.54) is 106 Å². The van der Waals surface area contributed by atoms with Gasteiger partial charge in [0.2, 0.25) is 0 Å². The highest BCUT2D eigenvalue weighted by atomic mass is 15.2. The topological polar surface area (TPSA) is 30.9 Å². The number of hydrogen-bond acceptors (Lipinski definition) is 4. The number of aliphatic imine (C=N–C) groups is 1. The fourth-order valence-electron chi connectivity index (χ4n) is 6.20. The molecule has 3 unspecified atom stereocenters. The Morgan fingerprint density at radius 3 is 2.47 bits per heavy atom. The van der Waals surface area contributed by atoms with Crippen molar-refractivity contribution in [3.63, 3.8) is 0 Å². The fraction of sp³-hybridized carbons (Fsp3) is 0.559. The van der Waals surface area contributed by atoms with E-state index in [4.69, 9.17) is 4.99 Å². The lowest BCUT2D eigenvalue weighted by molar-refractivity contribution is 0.240. The SMILES string of the molecule is C=C1NCCCN2CCCN(CCC(CN=Cc3ccccc3)CCCCc3cc1cc(C)c3CC)CC2. The van der Waals surface area contributed by atoms with Crippen molar-refractivity contribution in [2.45, 2.75) is 65.2 Å². The second-order valence-electron chi connectivity index (χ2n) is 11.4. The van der Waals surface area contributed by atoms with Crippen LogP contribution in [0.5, 0.6) is 0 Å². The van der Waals surface area contributed by atoms with Crippen molar-refractivity contribution in [2.24, 2.45) is 10.9 Å². The van der Waals surface area contributed by atoms with E-state index in [1.807, 2.05) is 0 Å². The van der Waals surface area contributed by atoms with Crippen LogP contribution in [0.2, 0.25) is 0 Å². The maximum Gasteiger partial charge on any atom is 0.0418 e. The smallest absolute Gasteiger partial charge is 0.0418 e. The Morgan fingerprint density at radius 1 is 0.921 bits per heavy atom. The van der Waals surface area contributed by atoms with Gasteiger partial charge in [0.1, 0.15) is 0 Å². The van der Waals surface area contributed by atoms with Crippen LogP contribution in [-0.4, -0.2) is 68.4 Å². The summed E-state index contributed by atoms with van der Waals surface area (Å²) >= 11 is 0. The largest absolute Gasteiger partial charge is 0.385 e. The molecule has 1 fully saturated rings. The van der Waals surface area contributed by atoms with Crippen molar-refractivity contribution in [3.8, 4) is 0 Å². The molecule has 4 rings (SSSR count). The lowest BCUT2D eigenvalue weighted by Gasteiger charge is -2.24. The molecule has 3 atom stereocenters. The Labute approximate surface area is 232 Å². The summed E-state index contributed by atoms with van der Waals surface area (Å²) < 4.78 is 0. The predicted molar refractivity (Wildman–Crippen MR) is 164 cm³/mol. The third-order valence-corrected chi connectivity index (χ3v) is 8.50. The standard InChI is InChI=1S/C34H50N4/c1-4-34-28(2)24-33-25-32(34)15-9-8-14-31(27-35-26-30-12-6-5-7-13-30)16-21-38-20-11-19-37(22-23-38)18-10-17-36-29(33)3/h5-7,12-13,24-26,31,36H,3-4,8-11,14-23,27H2,1-2H3. The van der Waals surface area contributed by atoms with Crippen molar-refractivity contribution in [1.29, 1.82) is 0 Å². The lowest BCUT2D eigenvalue weighted by atomic mass is 9.91. The maximum atomic E-state index is 4.91. The van der Waals surface area contributed by atoms with E-state index in [9.17, 15) is 0 Å². The number of hydrogen-bond donors (Lipinski definition) is 1. The van der Waals surface area contributed by atoms with E-state index in [0.717, 1.165) is 31.6 Å². The highest BCUT2D eigenvalue weighted by Crippen LogP contribution is 2.24. The van der Waals surface area contributed by atoms with Crippen LogP contribution in [0.15, 0.2) is 54.0 Å². The van der Waals surface area contributed by atoms with Crippen LogP contribution < -0.4 is 5.32 Å². The molecule has 2 aliphatic rings. The maximum absolute atomic E-state index is 4.91. The molecule has 2 heterocycles. The van der Waals surface area contributed by atoms with Crippen LogP contribution in [0.3, 0.4) is 0 Å². The van der Waals surface area contributed by atoms with Gasteiger partial charge in [-0.25, -0.2) is 0 Å². The number of rotatable bonds is 4. The minimum atomic E-state index is 0.652. The van der Waals surface area contributed by atoms with Crippen molar-refractivity contribution < 1.29 is 0 Å². The number of aryl methyl sites for hydroxylation is 2. The van der Waals surface area contributed by atoms with E-state index in [1.54, 1.807) is 0 Å². The third kappa shape index (κ3) is 8.81. The van der Waals surface area contributed by atoms with Crippen LogP contribution in [0, 0.1) is 12.8 Å². The Kier molecular flexibility index (Phi) is 11.5. The van der Waals surface area contributed by atoms with Crippen LogP contribution in [0.25, 0.3) is 5.70 Å². The average Bonchev–Trinajstić information content (AvgIpc) is 3.16. The molecule has 4 heteroatoms. The quantitative estimate of drug-likeness (QED) is 0.481. The minimum absolute atomic E-state index is 0.652. The van der Waals surface area contributed by atoms with Crippen LogP contribution >= 0.6 is 0 Å². The van der Waals surface area contributed by atoms with Gasteiger partial charge in [-0.15, -0.1) is 0 Å². The second-order valence-corrected chi connectivity index (χ2v) is 11.4. The van der Waals surface area contributed by atoms with E-state index < -0.39 is 0 Å². The molecule has 2 aliphatic heterocycles. The second kappa shape index (κ2) is 15.2. The van der Waals surface area contributed by atoms with Gasteiger partial charge in [-0.1, -0.05) is 50.3 Å². The summed E-state index contributed by atoms with van der Waals surface area (Å²) in [6.07, 6.45) is 11.8. The Bertz CT molecular complexity index is 1030. The van der Waals surface area contributed by atoms with Gasteiger partial charge >= 0.3 is 0 Å². The molecule has 4 nitrogen and oxygen atoms in total. The first-order valence-corrected chi connectivity index (χ1v) is 15.2. The van der Waals surface area contributed by atoms with Crippen LogP contribution in [0.4, 0.5) is 0 Å². The van der Waals surface area contributed by atoms with Gasteiger partial charge in [-0.3, -0.25) is 4.99 Å². The zero-order valence-corrected chi connectivity index (χ0v) is 24.1. The third-order valence-electron chi connectivity index (χ3n) is 8.50. The summed E-state index contributed by atoms with van der Waals surface area (Å²) in [6.45, 7) is 18.1. The number of nitrogens with zero attached hydrogens (tertiary/aromatic N) is 3. The molecular formula is C34H50N4. The summed E-state index contributed by atoms with van der Waals surface area (Å²) in [7, 11) is 0. The van der Waals surface area contributed by atoms with Crippen molar-refractivity contribution >= 4 is 11.9 Å². The highest BCUT2D eigenvalue weighted by Gasteiger charge is 2.17. The van der Waals surface area contributed by atoms with Gasteiger partial charge in [-0.2, -0.15) is 0 Å². The van der Waals surface area contributed by atoms with Gasteiger partial charge in [0.05, 0.1) is 0 Å². The first-order chi connectivity index (χ1) is 18.6. The van der Waals surface area contributed by atoms with Gasteiger partial charge < -0.3 is 15.1 Å². The fourth-order valence-corrected chi connectivity index (χ4v) is 6.20. The minimum Gasteiger partial charge on any atom is -0.385 e. The number of nitrogens with one attached hydrogen (secondary N) is 1. The van der Waals surface area contributed by atoms with Gasteiger partial charge in [-0.05, 0) is 124 Å².